The van der Waals surface area contributed by atoms with Gasteiger partial charge in [-0.25, -0.2) is 4.98 Å². The van der Waals surface area contributed by atoms with Crippen molar-refractivity contribution < 1.29 is 14.3 Å². The summed E-state index contributed by atoms with van der Waals surface area (Å²) in [5.41, 5.74) is 0.883. The van der Waals surface area contributed by atoms with Crippen molar-refractivity contribution in [2.75, 3.05) is 11.9 Å². The predicted octanol–water partition coefficient (Wildman–Crippen LogP) is 1.88. The van der Waals surface area contributed by atoms with Crippen molar-refractivity contribution in [2.24, 2.45) is 0 Å². The molecule has 17 heavy (non-hydrogen) atoms. The zero-order valence-electron chi connectivity index (χ0n) is 8.98. The number of pyridine rings is 1. The summed E-state index contributed by atoms with van der Waals surface area (Å²) >= 11 is 5.39. The number of carbonyl (C=O) groups is 2. The first-order valence-corrected chi connectivity index (χ1v) is 5.62. The van der Waals surface area contributed by atoms with Crippen LogP contribution in [-0.4, -0.2) is 23.2 Å². The highest BCUT2D eigenvalue weighted by Gasteiger charge is 2.21. The number of hydrogen-bond acceptors (Lipinski definition) is 4. The van der Waals surface area contributed by atoms with Crippen molar-refractivity contribution in [3.05, 3.63) is 23.4 Å². The molecule has 1 unspecified atom stereocenters. The molecule has 0 aliphatic carbocycles. The Kier molecular flexibility index (Phi) is 3.71. The van der Waals surface area contributed by atoms with Gasteiger partial charge in [-0.1, -0.05) is 0 Å². The third kappa shape index (κ3) is 2.62. The average Bonchev–Trinajstić information content (AvgIpc) is 2.82. The molecule has 1 amide bonds. The summed E-state index contributed by atoms with van der Waals surface area (Å²) in [5, 5.41) is 1.72. The van der Waals surface area contributed by atoms with Crippen LogP contribution < -0.4 is 5.32 Å². The number of nitrogens with zero attached hydrogens (tertiary/aromatic N) is 1. The summed E-state index contributed by atoms with van der Waals surface area (Å²) in [6.07, 6.45) is 2.27. The Morgan fingerprint density at radius 2 is 2.41 bits per heavy atom. The lowest BCUT2D eigenvalue weighted by molar-refractivity contribution is -0.105. The van der Waals surface area contributed by atoms with Crippen LogP contribution in [0.2, 0.25) is 0 Å². The third-order valence-electron chi connectivity index (χ3n) is 2.58. The van der Waals surface area contributed by atoms with Gasteiger partial charge in [-0.05, 0) is 36.6 Å². The van der Waals surface area contributed by atoms with Crippen molar-refractivity contribution in [3.8, 4) is 0 Å². The Morgan fingerprint density at radius 3 is 3.00 bits per heavy atom. The van der Waals surface area contributed by atoms with Gasteiger partial charge in [0.15, 0.2) is 0 Å². The predicted molar refractivity (Wildman–Crippen MR) is 62.0 cm³/mol. The van der Waals surface area contributed by atoms with Crippen molar-refractivity contribution in [1.29, 1.82) is 0 Å². The number of anilines is 1. The SMILES string of the molecule is O=CNc1nc(C2CCCO2)ccc1C(=O)Cl. The lowest BCUT2D eigenvalue weighted by Gasteiger charge is -2.11. The summed E-state index contributed by atoms with van der Waals surface area (Å²) in [5.74, 6) is 0.174. The van der Waals surface area contributed by atoms with Crippen molar-refractivity contribution in [1.82, 2.24) is 4.98 Å². The number of aromatic nitrogens is 1. The first-order chi connectivity index (χ1) is 8.22. The molecule has 2 heterocycles. The van der Waals surface area contributed by atoms with Crippen LogP contribution in [0, 0.1) is 0 Å². The summed E-state index contributed by atoms with van der Waals surface area (Å²) in [6.45, 7) is 0.707. The fraction of sp³-hybridized carbons (Fsp3) is 0.364. The van der Waals surface area contributed by atoms with Crippen LogP contribution in [0.3, 0.4) is 0 Å². The Morgan fingerprint density at radius 1 is 1.59 bits per heavy atom. The van der Waals surface area contributed by atoms with Crippen molar-refractivity contribution >= 4 is 29.1 Å². The molecule has 1 aliphatic rings. The minimum absolute atomic E-state index is 0.0679. The van der Waals surface area contributed by atoms with Crippen LogP contribution in [0.4, 0.5) is 5.82 Å². The third-order valence-corrected chi connectivity index (χ3v) is 2.79. The molecule has 6 heteroatoms. The highest BCUT2D eigenvalue weighted by molar-refractivity contribution is 6.68. The van der Waals surface area contributed by atoms with Gasteiger partial charge in [0.25, 0.3) is 5.24 Å². The van der Waals surface area contributed by atoms with E-state index in [4.69, 9.17) is 16.3 Å². The standard InChI is InChI=1S/C11H11ClN2O3/c12-10(16)7-3-4-8(9-2-1-5-17-9)14-11(7)13-6-15/h3-4,6,9H,1-2,5H2,(H,13,14,15). The maximum Gasteiger partial charge on any atom is 0.256 e. The van der Waals surface area contributed by atoms with Gasteiger partial charge in [-0.2, -0.15) is 0 Å². The molecule has 0 spiro atoms. The maximum absolute atomic E-state index is 11.1. The molecule has 1 N–H and O–H groups in total. The van der Waals surface area contributed by atoms with E-state index >= 15 is 0 Å². The minimum atomic E-state index is -0.652. The summed E-state index contributed by atoms with van der Waals surface area (Å²) in [7, 11) is 0. The molecule has 1 aromatic rings. The molecule has 1 atom stereocenters. The first kappa shape index (κ1) is 12.0. The maximum atomic E-state index is 11.1. The molecule has 0 aromatic carbocycles. The summed E-state index contributed by atoms with van der Waals surface area (Å²) < 4.78 is 5.48. The lowest BCUT2D eigenvalue weighted by atomic mass is 10.1. The number of nitrogens with one attached hydrogen (secondary N) is 1. The minimum Gasteiger partial charge on any atom is -0.372 e. The Bertz CT molecular complexity index is 444. The van der Waals surface area contributed by atoms with Crippen LogP contribution in [0.15, 0.2) is 12.1 Å². The molecule has 1 fully saturated rings. The molecule has 2 rings (SSSR count). The summed E-state index contributed by atoms with van der Waals surface area (Å²) in [6, 6.07) is 3.24. The molecule has 0 bridgehead atoms. The molecule has 1 aromatic heterocycles. The van der Waals surface area contributed by atoms with Gasteiger partial charge in [-0.15, -0.1) is 0 Å². The second-order valence-corrected chi connectivity index (χ2v) is 4.01. The second kappa shape index (κ2) is 5.25. The first-order valence-electron chi connectivity index (χ1n) is 5.25. The molecule has 0 radical (unpaired) electrons. The van der Waals surface area contributed by atoms with Gasteiger partial charge < -0.3 is 10.1 Å². The van der Waals surface area contributed by atoms with E-state index in [1.54, 1.807) is 12.1 Å². The van der Waals surface area contributed by atoms with Crippen LogP contribution in [-0.2, 0) is 9.53 Å². The fourth-order valence-electron chi connectivity index (χ4n) is 1.79. The second-order valence-electron chi connectivity index (χ2n) is 3.67. The lowest BCUT2D eigenvalue weighted by Crippen LogP contribution is -2.08. The van der Waals surface area contributed by atoms with E-state index in [0.717, 1.165) is 12.8 Å². The molecule has 5 nitrogen and oxygen atoms in total. The smallest absolute Gasteiger partial charge is 0.256 e. The van der Waals surface area contributed by atoms with E-state index < -0.39 is 5.24 Å². The van der Waals surface area contributed by atoms with E-state index in [-0.39, 0.29) is 17.5 Å². The van der Waals surface area contributed by atoms with Crippen LogP contribution >= 0.6 is 11.6 Å². The Hall–Kier alpha value is -1.46. The van der Waals surface area contributed by atoms with Gasteiger partial charge in [0.2, 0.25) is 6.41 Å². The van der Waals surface area contributed by atoms with E-state index in [2.05, 4.69) is 10.3 Å². The zero-order chi connectivity index (χ0) is 12.3. The van der Waals surface area contributed by atoms with Crippen molar-refractivity contribution in [3.63, 3.8) is 0 Å². The quantitative estimate of drug-likeness (QED) is 0.658. The number of ether oxygens (including phenoxy) is 1. The van der Waals surface area contributed by atoms with Gasteiger partial charge in [0.1, 0.15) is 5.82 Å². The molecular formula is C11H11ClN2O3. The zero-order valence-corrected chi connectivity index (χ0v) is 9.74. The van der Waals surface area contributed by atoms with Crippen LogP contribution in [0.1, 0.15) is 35.0 Å². The van der Waals surface area contributed by atoms with E-state index in [1.807, 2.05) is 0 Å². The van der Waals surface area contributed by atoms with Crippen LogP contribution in [0.25, 0.3) is 0 Å². The Labute approximate surface area is 103 Å². The highest BCUT2D eigenvalue weighted by Crippen LogP contribution is 2.29. The van der Waals surface area contributed by atoms with Crippen molar-refractivity contribution in [2.45, 2.75) is 18.9 Å². The molecule has 0 saturated carbocycles. The molecule has 90 valence electrons. The van der Waals surface area contributed by atoms with Gasteiger partial charge in [-0.3, -0.25) is 9.59 Å². The number of halogens is 1. The molecule has 1 saturated heterocycles. The number of hydrogen-bond donors (Lipinski definition) is 1. The van der Waals surface area contributed by atoms with E-state index in [9.17, 15) is 9.59 Å². The highest BCUT2D eigenvalue weighted by atomic mass is 35.5. The number of rotatable bonds is 4. The molecular weight excluding hydrogens is 244 g/mol. The van der Waals surface area contributed by atoms with E-state index in [1.165, 1.54) is 0 Å². The van der Waals surface area contributed by atoms with Crippen LogP contribution in [0.5, 0.6) is 0 Å². The number of carbonyl (C=O) groups excluding carboxylic acids is 2. The summed E-state index contributed by atoms with van der Waals surface area (Å²) in [4.78, 5) is 25.7. The van der Waals surface area contributed by atoms with Gasteiger partial charge in [0, 0.05) is 6.61 Å². The van der Waals surface area contributed by atoms with Gasteiger partial charge in [0.05, 0.1) is 17.4 Å². The van der Waals surface area contributed by atoms with Gasteiger partial charge >= 0.3 is 0 Å². The van der Waals surface area contributed by atoms with E-state index in [0.29, 0.717) is 18.7 Å². The Balaban J connectivity index is 2.33. The largest absolute Gasteiger partial charge is 0.372 e. The number of amides is 1. The monoisotopic (exact) mass is 254 g/mol. The normalized spacial score (nSPS) is 19.0. The molecule has 1 aliphatic heterocycles. The topological polar surface area (TPSA) is 68.3 Å². The average molecular weight is 255 g/mol. The fourth-order valence-corrected chi connectivity index (χ4v) is 1.94.